The number of aromatic nitrogens is 2. The van der Waals surface area contributed by atoms with Gasteiger partial charge in [-0.25, -0.2) is 0 Å². The van der Waals surface area contributed by atoms with E-state index in [0.29, 0.717) is 24.8 Å². The lowest BCUT2D eigenvalue weighted by Gasteiger charge is -2.59. The molecule has 1 aromatic rings. The fourth-order valence-corrected chi connectivity index (χ4v) is 4.83. The Labute approximate surface area is 155 Å². The van der Waals surface area contributed by atoms with Crippen LogP contribution in [-0.2, 0) is 9.47 Å². The van der Waals surface area contributed by atoms with Crippen LogP contribution in [0.4, 0.5) is 0 Å². The van der Waals surface area contributed by atoms with E-state index in [1.54, 1.807) is 12.4 Å². The lowest BCUT2D eigenvalue weighted by atomic mass is 9.79. The van der Waals surface area contributed by atoms with Gasteiger partial charge in [-0.3, -0.25) is 14.8 Å². The van der Waals surface area contributed by atoms with Crippen LogP contribution in [-0.4, -0.2) is 82.5 Å². The smallest absolute Gasteiger partial charge is 0.257 e. The van der Waals surface area contributed by atoms with Gasteiger partial charge in [-0.2, -0.15) is 5.10 Å². The molecule has 0 bridgehead atoms. The zero-order valence-corrected chi connectivity index (χ0v) is 16.0. The van der Waals surface area contributed by atoms with Crippen molar-refractivity contribution in [1.82, 2.24) is 20.0 Å². The molecule has 3 fully saturated rings. The van der Waals surface area contributed by atoms with Crippen LogP contribution in [0.25, 0.3) is 0 Å². The lowest BCUT2D eigenvalue weighted by Crippen LogP contribution is -2.74. The summed E-state index contributed by atoms with van der Waals surface area (Å²) in [4.78, 5) is 17.2. The van der Waals surface area contributed by atoms with Crippen molar-refractivity contribution in [2.24, 2.45) is 5.92 Å². The first-order valence-electron chi connectivity index (χ1n) is 9.70. The molecule has 0 radical (unpaired) electrons. The Balaban J connectivity index is 1.33. The summed E-state index contributed by atoms with van der Waals surface area (Å²) in [6.07, 6.45) is 6.07. The molecular weight excluding hydrogens is 332 g/mol. The summed E-state index contributed by atoms with van der Waals surface area (Å²) in [6, 6.07) is 0. The number of hydrogen-bond acceptors (Lipinski definition) is 5. The molecule has 4 rings (SSSR count). The standard InChI is InChI=1S/C19H30N4O3/c1-4-25-16-5-14(6-16)9-22-11-19(12-22)13-23(10-18(2,3)26-19)17(24)15-7-20-21-8-15/h7-8,14,16H,4-6,9-13H2,1-3H3,(H,20,21). The minimum absolute atomic E-state index is 0.0338. The van der Waals surface area contributed by atoms with Gasteiger partial charge in [0.1, 0.15) is 5.60 Å². The number of amides is 1. The molecule has 1 spiro atoms. The third-order valence-corrected chi connectivity index (χ3v) is 5.71. The van der Waals surface area contributed by atoms with E-state index in [0.717, 1.165) is 32.2 Å². The number of aromatic amines is 1. The highest BCUT2D eigenvalue weighted by Crippen LogP contribution is 2.39. The number of hydrogen-bond donors (Lipinski definition) is 1. The maximum atomic E-state index is 12.8. The van der Waals surface area contributed by atoms with Gasteiger partial charge in [-0.05, 0) is 39.5 Å². The third kappa shape index (κ3) is 3.52. The van der Waals surface area contributed by atoms with Crippen LogP contribution in [0.2, 0.25) is 0 Å². The number of nitrogens with one attached hydrogen (secondary N) is 1. The molecule has 26 heavy (non-hydrogen) atoms. The van der Waals surface area contributed by atoms with Crippen molar-refractivity contribution in [2.75, 3.05) is 39.3 Å². The maximum absolute atomic E-state index is 12.8. The first-order chi connectivity index (χ1) is 12.4. The topological polar surface area (TPSA) is 70.7 Å². The molecule has 1 aliphatic carbocycles. The van der Waals surface area contributed by atoms with Gasteiger partial charge in [0, 0.05) is 39.0 Å². The van der Waals surface area contributed by atoms with Gasteiger partial charge in [-0.15, -0.1) is 0 Å². The molecule has 0 unspecified atom stereocenters. The van der Waals surface area contributed by atoms with Crippen molar-refractivity contribution in [3.63, 3.8) is 0 Å². The molecule has 1 N–H and O–H groups in total. The van der Waals surface area contributed by atoms with Crippen LogP contribution in [0.3, 0.4) is 0 Å². The molecule has 2 saturated heterocycles. The zero-order chi connectivity index (χ0) is 18.4. The minimum atomic E-state index is -0.333. The average Bonchev–Trinajstić information content (AvgIpc) is 3.03. The van der Waals surface area contributed by atoms with Crippen molar-refractivity contribution in [3.05, 3.63) is 18.0 Å². The van der Waals surface area contributed by atoms with E-state index in [1.807, 2.05) is 4.90 Å². The van der Waals surface area contributed by atoms with E-state index in [2.05, 4.69) is 35.9 Å². The summed E-state index contributed by atoms with van der Waals surface area (Å²) >= 11 is 0. The Morgan fingerprint density at radius 1 is 1.35 bits per heavy atom. The summed E-state index contributed by atoms with van der Waals surface area (Å²) < 4.78 is 12.1. The summed E-state index contributed by atoms with van der Waals surface area (Å²) in [5.74, 6) is 0.774. The SMILES string of the molecule is CCOC1CC(CN2CC3(C2)CN(C(=O)c2cn[nH]c2)CC(C)(C)O3)C1. The Bertz CT molecular complexity index is 633. The highest BCUT2D eigenvalue weighted by atomic mass is 16.5. The zero-order valence-electron chi connectivity index (χ0n) is 16.0. The molecule has 0 atom stereocenters. The summed E-state index contributed by atoms with van der Waals surface area (Å²) in [5.41, 5.74) is 0.0512. The molecule has 1 amide bonds. The molecular formula is C19H30N4O3. The Morgan fingerprint density at radius 3 is 2.77 bits per heavy atom. The van der Waals surface area contributed by atoms with Crippen molar-refractivity contribution in [3.8, 4) is 0 Å². The molecule has 7 heteroatoms. The highest BCUT2D eigenvalue weighted by Gasteiger charge is 2.53. The quantitative estimate of drug-likeness (QED) is 0.860. The van der Waals surface area contributed by atoms with Crippen LogP contribution in [0.15, 0.2) is 12.4 Å². The molecule has 7 nitrogen and oxygen atoms in total. The summed E-state index contributed by atoms with van der Waals surface area (Å²) in [5, 5.41) is 6.63. The lowest BCUT2D eigenvalue weighted by molar-refractivity contribution is -0.243. The number of carbonyl (C=O) groups is 1. The van der Waals surface area contributed by atoms with Crippen molar-refractivity contribution in [2.45, 2.75) is 50.9 Å². The van der Waals surface area contributed by atoms with Gasteiger partial charge in [0.2, 0.25) is 0 Å². The second kappa shape index (κ2) is 6.62. The van der Waals surface area contributed by atoms with Crippen molar-refractivity contribution >= 4 is 5.91 Å². The van der Waals surface area contributed by atoms with Gasteiger partial charge in [-0.1, -0.05) is 0 Å². The molecule has 3 heterocycles. The number of ether oxygens (including phenoxy) is 2. The van der Waals surface area contributed by atoms with Crippen LogP contribution in [0.1, 0.15) is 44.0 Å². The maximum Gasteiger partial charge on any atom is 0.257 e. The van der Waals surface area contributed by atoms with E-state index in [4.69, 9.17) is 9.47 Å². The fraction of sp³-hybridized carbons (Fsp3) is 0.789. The average molecular weight is 362 g/mol. The molecule has 144 valence electrons. The first kappa shape index (κ1) is 17.9. The van der Waals surface area contributed by atoms with Gasteiger partial charge < -0.3 is 14.4 Å². The Hall–Kier alpha value is -1.44. The largest absolute Gasteiger partial charge is 0.378 e. The number of morpholine rings is 1. The number of H-pyrrole nitrogens is 1. The predicted molar refractivity (Wildman–Crippen MR) is 97.0 cm³/mol. The van der Waals surface area contributed by atoms with Gasteiger partial charge in [0.25, 0.3) is 5.91 Å². The van der Waals surface area contributed by atoms with Crippen LogP contribution >= 0.6 is 0 Å². The van der Waals surface area contributed by atoms with Gasteiger partial charge in [0.05, 0.1) is 30.0 Å². The molecule has 0 aromatic carbocycles. The van der Waals surface area contributed by atoms with Crippen LogP contribution in [0, 0.1) is 5.92 Å². The monoisotopic (exact) mass is 362 g/mol. The second-order valence-corrected chi connectivity index (χ2v) is 8.78. The van der Waals surface area contributed by atoms with Crippen molar-refractivity contribution < 1.29 is 14.3 Å². The number of nitrogens with zero attached hydrogens (tertiary/aromatic N) is 3. The highest BCUT2D eigenvalue weighted by molar-refractivity contribution is 5.93. The van der Waals surface area contributed by atoms with E-state index < -0.39 is 0 Å². The normalized spacial score (nSPS) is 30.0. The summed E-state index contributed by atoms with van der Waals surface area (Å²) in [7, 11) is 0. The molecule has 1 aromatic heterocycles. The Kier molecular flexibility index (Phi) is 4.57. The molecule has 3 aliphatic rings. The van der Waals surface area contributed by atoms with E-state index in [-0.39, 0.29) is 17.1 Å². The first-order valence-corrected chi connectivity index (χ1v) is 9.70. The molecule has 1 saturated carbocycles. The van der Waals surface area contributed by atoms with Crippen molar-refractivity contribution in [1.29, 1.82) is 0 Å². The second-order valence-electron chi connectivity index (χ2n) is 8.78. The minimum Gasteiger partial charge on any atom is -0.378 e. The molecule has 2 aliphatic heterocycles. The van der Waals surface area contributed by atoms with E-state index in [9.17, 15) is 4.79 Å². The summed E-state index contributed by atoms with van der Waals surface area (Å²) in [6.45, 7) is 11.2. The van der Waals surface area contributed by atoms with E-state index >= 15 is 0 Å². The number of likely N-dealkylation sites (tertiary alicyclic amines) is 1. The predicted octanol–water partition coefficient (Wildman–Crippen LogP) is 1.53. The number of carbonyl (C=O) groups excluding carboxylic acids is 1. The van der Waals surface area contributed by atoms with Crippen LogP contribution < -0.4 is 0 Å². The fourth-order valence-electron chi connectivity index (χ4n) is 4.83. The third-order valence-electron chi connectivity index (χ3n) is 5.71. The number of rotatable bonds is 5. The van der Waals surface area contributed by atoms with E-state index in [1.165, 1.54) is 12.8 Å². The van der Waals surface area contributed by atoms with Gasteiger partial charge in [0.15, 0.2) is 0 Å². The van der Waals surface area contributed by atoms with Crippen LogP contribution in [0.5, 0.6) is 0 Å². The van der Waals surface area contributed by atoms with Gasteiger partial charge >= 0.3 is 0 Å². The Morgan fingerprint density at radius 2 is 2.12 bits per heavy atom.